The molecule has 1 aromatic rings. The van der Waals surface area contributed by atoms with Gasteiger partial charge < -0.3 is 10.6 Å². The van der Waals surface area contributed by atoms with E-state index in [9.17, 15) is 0 Å². The second-order valence-electron chi connectivity index (χ2n) is 5.69. The number of nitrogens with zero attached hydrogens (tertiary/aromatic N) is 2. The number of anilines is 1. The molecule has 1 rings (SSSR count). The van der Waals surface area contributed by atoms with E-state index in [4.69, 9.17) is 0 Å². The average Bonchev–Trinajstić information content (AvgIpc) is 2.14. The lowest BCUT2D eigenvalue weighted by molar-refractivity contribution is 0.424. The van der Waals surface area contributed by atoms with Crippen molar-refractivity contribution in [3.05, 3.63) is 17.6 Å². The molecule has 0 unspecified atom stereocenters. The van der Waals surface area contributed by atoms with Gasteiger partial charge in [-0.3, -0.25) is 0 Å². The van der Waals surface area contributed by atoms with Gasteiger partial charge in [0.25, 0.3) is 0 Å². The zero-order chi connectivity index (χ0) is 13.1. The maximum absolute atomic E-state index is 4.45. The second kappa shape index (κ2) is 5.45. The summed E-state index contributed by atoms with van der Waals surface area (Å²) in [6.07, 6.45) is 1.89. The molecule has 0 aliphatic heterocycles. The Labute approximate surface area is 104 Å². The van der Waals surface area contributed by atoms with E-state index < -0.39 is 0 Å². The van der Waals surface area contributed by atoms with Gasteiger partial charge in [0.05, 0.1) is 0 Å². The zero-order valence-corrected chi connectivity index (χ0v) is 11.8. The third-order valence-corrected chi connectivity index (χ3v) is 2.22. The third-order valence-electron chi connectivity index (χ3n) is 2.22. The first-order valence-electron chi connectivity index (χ1n) is 6.12. The maximum Gasteiger partial charge on any atom is 0.134 e. The highest BCUT2D eigenvalue weighted by Gasteiger charge is 2.12. The van der Waals surface area contributed by atoms with Gasteiger partial charge in [0.2, 0.25) is 0 Å². The molecule has 0 aromatic carbocycles. The highest BCUT2D eigenvalue weighted by atomic mass is 15.1. The van der Waals surface area contributed by atoms with Crippen molar-refractivity contribution in [2.45, 2.75) is 59.7 Å². The summed E-state index contributed by atoms with van der Waals surface area (Å²) in [6.45, 7) is 13.4. The van der Waals surface area contributed by atoms with Crippen molar-refractivity contribution in [2.24, 2.45) is 0 Å². The van der Waals surface area contributed by atoms with Crippen molar-refractivity contribution in [3.8, 4) is 0 Å². The minimum Gasteiger partial charge on any atom is -0.368 e. The summed E-state index contributed by atoms with van der Waals surface area (Å²) in [6, 6.07) is 0.373. The number of aryl methyl sites for hydroxylation is 1. The SMILES string of the molecule is Cc1ncc(CNC(C)(C)C)c(NC(C)C)n1. The van der Waals surface area contributed by atoms with Crippen LogP contribution >= 0.6 is 0 Å². The quantitative estimate of drug-likeness (QED) is 0.843. The van der Waals surface area contributed by atoms with Crippen LogP contribution in [-0.2, 0) is 6.54 Å². The number of nitrogens with one attached hydrogen (secondary N) is 2. The Morgan fingerprint density at radius 3 is 2.47 bits per heavy atom. The van der Waals surface area contributed by atoms with Crippen LogP contribution in [-0.4, -0.2) is 21.5 Å². The van der Waals surface area contributed by atoms with Gasteiger partial charge >= 0.3 is 0 Å². The summed E-state index contributed by atoms with van der Waals surface area (Å²) in [7, 11) is 0. The molecule has 4 nitrogen and oxygen atoms in total. The first-order valence-corrected chi connectivity index (χ1v) is 6.12. The summed E-state index contributed by atoms with van der Waals surface area (Å²) in [5.74, 6) is 1.73. The smallest absolute Gasteiger partial charge is 0.134 e. The standard InChI is InChI=1S/C13H24N4/c1-9(2)16-12-11(7-14-10(3)17-12)8-15-13(4,5)6/h7,9,15H,8H2,1-6H3,(H,14,16,17). The molecule has 0 radical (unpaired) electrons. The van der Waals surface area contributed by atoms with E-state index in [1.54, 1.807) is 0 Å². The van der Waals surface area contributed by atoms with Gasteiger partial charge in [-0.2, -0.15) is 0 Å². The molecule has 0 fully saturated rings. The Morgan fingerprint density at radius 2 is 1.94 bits per heavy atom. The molecule has 0 bridgehead atoms. The number of hydrogen-bond acceptors (Lipinski definition) is 4. The highest BCUT2D eigenvalue weighted by molar-refractivity contribution is 5.43. The summed E-state index contributed by atoms with van der Waals surface area (Å²) < 4.78 is 0. The molecule has 0 amide bonds. The van der Waals surface area contributed by atoms with Crippen LogP contribution in [0.5, 0.6) is 0 Å². The van der Waals surface area contributed by atoms with Gasteiger partial charge in [0.15, 0.2) is 0 Å². The third kappa shape index (κ3) is 5.13. The van der Waals surface area contributed by atoms with Crippen LogP contribution in [0.1, 0.15) is 46.0 Å². The zero-order valence-electron chi connectivity index (χ0n) is 11.8. The van der Waals surface area contributed by atoms with Crippen LogP contribution < -0.4 is 10.6 Å². The molecular formula is C13H24N4. The molecule has 2 N–H and O–H groups in total. The first kappa shape index (κ1) is 13.9. The van der Waals surface area contributed by atoms with E-state index >= 15 is 0 Å². The molecule has 0 saturated carbocycles. The summed E-state index contributed by atoms with van der Waals surface area (Å²) in [4.78, 5) is 8.71. The van der Waals surface area contributed by atoms with Gasteiger partial charge in [0, 0.05) is 29.9 Å². The van der Waals surface area contributed by atoms with Crippen molar-refractivity contribution in [3.63, 3.8) is 0 Å². The Balaban J connectivity index is 2.82. The van der Waals surface area contributed by atoms with Crippen molar-refractivity contribution < 1.29 is 0 Å². The van der Waals surface area contributed by atoms with Crippen LogP contribution in [0, 0.1) is 6.92 Å². The molecule has 0 aliphatic rings. The lowest BCUT2D eigenvalue weighted by Gasteiger charge is -2.22. The van der Waals surface area contributed by atoms with E-state index in [0.717, 1.165) is 23.8 Å². The van der Waals surface area contributed by atoms with Crippen molar-refractivity contribution in [2.75, 3.05) is 5.32 Å². The Morgan fingerprint density at radius 1 is 1.29 bits per heavy atom. The fraction of sp³-hybridized carbons (Fsp3) is 0.692. The molecular weight excluding hydrogens is 212 g/mol. The molecule has 0 atom stereocenters. The highest BCUT2D eigenvalue weighted by Crippen LogP contribution is 2.14. The van der Waals surface area contributed by atoms with Gasteiger partial charge in [-0.15, -0.1) is 0 Å². The molecule has 4 heteroatoms. The van der Waals surface area contributed by atoms with Crippen molar-refractivity contribution >= 4 is 5.82 Å². The largest absolute Gasteiger partial charge is 0.368 e. The lowest BCUT2D eigenvalue weighted by Crippen LogP contribution is -2.35. The van der Waals surface area contributed by atoms with Crippen molar-refractivity contribution in [1.82, 2.24) is 15.3 Å². The molecule has 96 valence electrons. The predicted octanol–water partition coefficient (Wildman–Crippen LogP) is 2.49. The average molecular weight is 236 g/mol. The topological polar surface area (TPSA) is 49.8 Å². The van der Waals surface area contributed by atoms with Crippen LogP contribution in [0.2, 0.25) is 0 Å². The van der Waals surface area contributed by atoms with Crippen molar-refractivity contribution in [1.29, 1.82) is 0 Å². The van der Waals surface area contributed by atoms with E-state index in [1.165, 1.54) is 0 Å². The maximum atomic E-state index is 4.45. The number of hydrogen-bond donors (Lipinski definition) is 2. The molecule has 1 aromatic heterocycles. The summed E-state index contributed by atoms with van der Waals surface area (Å²) in [5, 5.41) is 6.81. The van der Waals surface area contributed by atoms with Gasteiger partial charge in [-0.25, -0.2) is 9.97 Å². The van der Waals surface area contributed by atoms with Gasteiger partial charge in [-0.1, -0.05) is 0 Å². The number of rotatable bonds is 4. The molecule has 0 saturated heterocycles. The van der Waals surface area contributed by atoms with E-state index in [2.05, 4.69) is 55.2 Å². The first-order chi connectivity index (χ1) is 7.78. The molecule has 17 heavy (non-hydrogen) atoms. The minimum atomic E-state index is 0.0972. The summed E-state index contributed by atoms with van der Waals surface area (Å²) >= 11 is 0. The van der Waals surface area contributed by atoms with Crippen LogP contribution in [0.3, 0.4) is 0 Å². The normalized spacial score (nSPS) is 11.9. The number of aromatic nitrogens is 2. The predicted molar refractivity (Wildman–Crippen MR) is 72.1 cm³/mol. The molecule has 1 heterocycles. The van der Waals surface area contributed by atoms with Gasteiger partial charge in [-0.05, 0) is 41.5 Å². The minimum absolute atomic E-state index is 0.0972. The fourth-order valence-corrected chi connectivity index (χ4v) is 1.38. The monoisotopic (exact) mass is 236 g/mol. The molecule has 0 spiro atoms. The van der Waals surface area contributed by atoms with E-state index in [1.807, 2.05) is 13.1 Å². The lowest BCUT2D eigenvalue weighted by atomic mass is 10.1. The van der Waals surface area contributed by atoms with E-state index in [0.29, 0.717) is 6.04 Å². The van der Waals surface area contributed by atoms with Crippen LogP contribution in [0.4, 0.5) is 5.82 Å². The Kier molecular flexibility index (Phi) is 4.46. The van der Waals surface area contributed by atoms with Crippen LogP contribution in [0.25, 0.3) is 0 Å². The Bertz CT molecular complexity index is 366. The van der Waals surface area contributed by atoms with Gasteiger partial charge in [0.1, 0.15) is 11.6 Å². The second-order valence-corrected chi connectivity index (χ2v) is 5.69. The molecule has 0 aliphatic carbocycles. The fourth-order valence-electron chi connectivity index (χ4n) is 1.38. The van der Waals surface area contributed by atoms with E-state index in [-0.39, 0.29) is 5.54 Å². The Hall–Kier alpha value is -1.16. The van der Waals surface area contributed by atoms with Crippen LogP contribution in [0.15, 0.2) is 6.20 Å². The summed E-state index contributed by atoms with van der Waals surface area (Å²) in [5.41, 5.74) is 1.21.